The number of ether oxygens (including phenoxy) is 1. The van der Waals surface area contributed by atoms with Crippen molar-refractivity contribution in [2.45, 2.75) is 45.6 Å². The van der Waals surface area contributed by atoms with E-state index in [1.54, 1.807) is 4.90 Å². The van der Waals surface area contributed by atoms with Crippen molar-refractivity contribution in [3.05, 3.63) is 29.8 Å². The van der Waals surface area contributed by atoms with Crippen molar-refractivity contribution in [3.63, 3.8) is 0 Å². The van der Waals surface area contributed by atoms with E-state index in [0.717, 1.165) is 31.5 Å². The fraction of sp³-hybridized carbons (Fsp3) is 0.600. The Balaban J connectivity index is 1.64. The first-order chi connectivity index (χ1) is 12.1. The van der Waals surface area contributed by atoms with Gasteiger partial charge < -0.3 is 14.5 Å². The van der Waals surface area contributed by atoms with Crippen molar-refractivity contribution in [2.24, 2.45) is 5.92 Å². The minimum atomic E-state index is -0.237. The Morgan fingerprint density at radius 1 is 1.20 bits per heavy atom. The van der Waals surface area contributed by atoms with Crippen LogP contribution in [0.4, 0.5) is 5.69 Å². The minimum absolute atomic E-state index is 0.0426. The molecule has 0 bridgehead atoms. The third kappa shape index (κ3) is 4.03. The molecule has 0 spiro atoms. The Labute approximate surface area is 149 Å². The fourth-order valence-electron chi connectivity index (χ4n) is 3.80. The van der Waals surface area contributed by atoms with Gasteiger partial charge in [0.1, 0.15) is 0 Å². The molecule has 5 nitrogen and oxygen atoms in total. The Morgan fingerprint density at radius 3 is 2.64 bits per heavy atom. The van der Waals surface area contributed by atoms with Crippen molar-refractivity contribution in [1.29, 1.82) is 0 Å². The normalized spacial score (nSPS) is 24.0. The highest BCUT2D eigenvalue weighted by Crippen LogP contribution is 2.27. The molecule has 0 radical (unpaired) electrons. The van der Waals surface area contributed by atoms with Crippen LogP contribution >= 0.6 is 0 Å². The van der Waals surface area contributed by atoms with Crippen molar-refractivity contribution < 1.29 is 14.3 Å². The van der Waals surface area contributed by atoms with Gasteiger partial charge in [0.05, 0.1) is 12.0 Å². The smallest absolute Gasteiger partial charge is 0.228 e. The summed E-state index contributed by atoms with van der Waals surface area (Å²) >= 11 is 0. The van der Waals surface area contributed by atoms with Gasteiger partial charge in [0.15, 0.2) is 0 Å². The standard InChI is InChI=1S/C20H28N2O3/c1-3-15-7-9-17(10-8-15)22-13-16(12-19(22)23)20(24)21-11-5-6-18(14-21)25-4-2/h7-10,16,18H,3-6,11-14H2,1-2H3/t16-,18-/m0/s1. The number of likely N-dealkylation sites (tertiary alicyclic amines) is 1. The lowest BCUT2D eigenvalue weighted by Crippen LogP contribution is -2.46. The molecule has 0 saturated carbocycles. The molecule has 0 unspecified atom stereocenters. The van der Waals surface area contributed by atoms with Crippen molar-refractivity contribution in [2.75, 3.05) is 31.1 Å². The van der Waals surface area contributed by atoms with E-state index >= 15 is 0 Å². The lowest BCUT2D eigenvalue weighted by atomic mass is 10.0. The summed E-state index contributed by atoms with van der Waals surface area (Å²) in [6, 6.07) is 8.06. The van der Waals surface area contributed by atoms with Gasteiger partial charge in [-0.05, 0) is 43.9 Å². The molecule has 0 N–H and O–H groups in total. The zero-order valence-electron chi connectivity index (χ0n) is 15.2. The lowest BCUT2D eigenvalue weighted by Gasteiger charge is -2.34. The van der Waals surface area contributed by atoms with Crippen molar-refractivity contribution in [3.8, 4) is 0 Å². The maximum absolute atomic E-state index is 12.9. The summed E-state index contributed by atoms with van der Waals surface area (Å²) in [6.07, 6.45) is 3.41. The molecule has 2 aliphatic heterocycles. The fourth-order valence-corrected chi connectivity index (χ4v) is 3.80. The number of nitrogens with zero attached hydrogens (tertiary/aromatic N) is 2. The van der Waals surface area contributed by atoms with Gasteiger partial charge in [0, 0.05) is 38.3 Å². The number of rotatable bonds is 5. The minimum Gasteiger partial charge on any atom is -0.377 e. The first-order valence-electron chi connectivity index (χ1n) is 9.42. The number of carbonyl (C=O) groups excluding carboxylic acids is 2. The third-order valence-electron chi connectivity index (χ3n) is 5.22. The molecule has 2 atom stereocenters. The molecule has 2 aliphatic rings. The number of hydrogen-bond donors (Lipinski definition) is 0. The average molecular weight is 344 g/mol. The number of benzene rings is 1. The summed E-state index contributed by atoms with van der Waals surface area (Å²) in [4.78, 5) is 28.9. The molecule has 136 valence electrons. The number of carbonyl (C=O) groups is 2. The van der Waals surface area contributed by atoms with Gasteiger partial charge in [-0.15, -0.1) is 0 Å². The highest BCUT2D eigenvalue weighted by Gasteiger charge is 2.38. The summed E-state index contributed by atoms with van der Waals surface area (Å²) < 4.78 is 5.69. The number of amides is 2. The average Bonchev–Trinajstić information content (AvgIpc) is 3.03. The topological polar surface area (TPSA) is 49.9 Å². The van der Waals surface area contributed by atoms with Crippen LogP contribution in [0.5, 0.6) is 0 Å². The van der Waals surface area contributed by atoms with E-state index in [9.17, 15) is 9.59 Å². The van der Waals surface area contributed by atoms with Crippen LogP contribution < -0.4 is 4.90 Å². The predicted molar refractivity (Wildman–Crippen MR) is 97.5 cm³/mol. The molecule has 2 heterocycles. The number of hydrogen-bond acceptors (Lipinski definition) is 3. The maximum atomic E-state index is 12.9. The Morgan fingerprint density at radius 2 is 1.96 bits per heavy atom. The van der Waals surface area contributed by atoms with Gasteiger partial charge in [-0.3, -0.25) is 9.59 Å². The number of anilines is 1. The van der Waals surface area contributed by atoms with Crippen LogP contribution in [-0.2, 0) is 20.7 Å². The second kappa shape index (κ2) is 8.00. The summed E-state index contributed by atoms with van der Waals surface area (Å²) in [5.74, 6) is -0.0925. The Kier molecular flexibility index (Phi) is 5.74. The van der Waals surface area contributed by atoms with Crippen LogP contribution in [0.3, 0.4) is 0 Å². The van der Waals surface area contributed by atoms with Gasteiger partial charge >= 0.3 is 0 Å². The Hall–Kier alpha value is -1.88. The zero-order chi connectivity index (χ0) is 17.8. The second-order valence-corrected chi connectivity index (χ2v) is 6.93. The van der Waals surface area contributed by atoms with Gasteiger partial charge in [0.2, 0.25) is 11.8 Å². The molecule has 2 amide bonds. The third-order valence-corrected chi connectivity index (χ3v) is 5.22. The van der Waals surface area contributed by atoms with Crippen LogP contribution in [0.25, 0.3) is 0 Å². The summed E-state index contributed by atoms with van der Waals surface area (Å²) in [6.45, 7) is 6.69. The van der Waals surface area contributed by atoms with Crippen LogP contribution in [0.1, 0.15) is 38.7 Å². The molecular formula is C20H28N2O3. The van der Waals surface area contributed by atoms with Gasteiger partial charge in [-0.25, -0.2) is 0 Å². The molecule has 1 aromatic carbocycles. The van der Waals surface area contributed by atoms with Crippen LogP contribution in [0, 0.1) is 5.92 Å². The van der Waals surface area contributed by atoms with Crippen LogP contribution in [0.2, 0.25) is 0 Å². The molecule has 0 aliphatic carbocycles. The summed E-state index contributed by atoms with van der Waals surface area (Å²) in [5, 5.41) is 0. The molecule has 25 heavy (non-hydrogen) atoms. The van der Waals surface area contributed by atoms with E-state index in [1.165, 1.54) is 5.56 Å². The Bertz CT molecular complexity index is 612. The van der Waals surface area contributed by atoms with E-state index in [-0.39, 0.29) is 23.8 Å². The predicted octanol–water partition coefficient (Wildman–Crippen LogP) is 2.63. The van der Waals surface area contributed by atoms with Crippen molar-refractivity contribution in [1.82, 2.24) is 4.90 Å². The number of piperidine rings is 1. The first-order valence-corrected chi connectivity index (χ1v) is 9.42. The molecule has 3 rings (SSSR count). The summed E-state index contributed by atoms with van der Waals surface area (Å²) in [7, 11) is 0. The van der Waals surface area contributed by atoms with Gasteiger partial charge in [0.25, 0.3) is 0 Å². The number of aryl methyl sites for hydroxylation is 1. The molecule has 0 aromatic heterocycles. The van der Waals surface area contributed by atoms with E-state index < -0.39 is 0 Å². The quantitative estimate of drug-likeness (QED) is 0.825. The van der Waals surface area contributed by atoms with Crippen molar-refractivity contribution >= 4 is 17.5 Å². The monoisotopic (exact) mass is 344 g/mol. The highest BCUT2D eigenvalue weighted by molar-refractivity contribution is 6.00. The highest BCUT2D eigenvalue weighted by atomic mass is 16.5. The second-order valence-electron chi connectivity index (χ2n) is 6.93. The zero-order valence-corrected chi connectivity index (χ0v) is 15.2. The van der Waals surface area contributed by atoms with E-state index in [1.807, 2.05) is 24.0 Å². The molecule has 2 fully saturated rings. The first kappa shape index (κ1) is 17.9. The molecule has 2 saturated heterocycles. The van der Waals surface area contributed by atoms with Gasteiger partial charge in [-0.2, -0.15) is 0 Å². The maximum Gasteiger partial charge on any atom is 0.228 e. The van der Waals surface area contributed by atoms with Gasteiger partial charge in [-0.1, -0.05) is 19.1 Å². The van der Waals surface area contributed by atoms with Crippen LogP contribution in [0.15, 0.2) is 24.3 Å². The van der Waals surface area contributed by atoms with E-state index in [2.05, 4.69) is 19.1 Å². The summed E-state index contributed by atoms with van der Waals surface area (Å²) in [5.41, 5.74) is 2.14. The molecule has 5 heteroatoms. The lowest BCUT2D eigenvalue weighted by molar-refractivity contribution is -0.139. The largest absolute Gasteiger partial charge is 0.377 e. The van der Waals surface area contributed by atoms with Crippen LogP contribution in [-0.4, -0.2) is 49.1 Å². The van der Waals surface area contributed by atoms with E-state index in [0.29, 0.717) is 26.1 Å². The SMILES string of the molecule is CCO[C@H]1CCCN(C(=O)[C@H]2CC(=O)N(c3ccc(CC)cc3)C2)C1. The molecular weight excluding hydrogens is 316 g/mol. The van der Waals surface area contributed by atoms with E-state index in [4.69, 9.17) is 4.74 Å². The molecule has 1 aromatic rings.